The van der Waals surface area contributed by atoms with Crippen LogP contribution in [-0.4, -0.2) is 22.0 Å². The van der Waals surface area contributed by atoms with Crippen molar-refractivity contribution >= 4 is 39.4 Å². The van der Waals surface area contributed by atoms with Gasteiger partial charge < -0.3 is 10.5 Å². The molecular weight excluding hydrogens is 294 g/mol. The summed E-state index contributed by atoms with van der Waals surface area (Å²) >= 11 is 3.15. The minimum Gasteiger partial charge on any atom is -0.461 e. The van der Waals surface area contributed by atoms with Gasteiger partial charge in [-0.2, -0.15) is 0 Å². The largest absolute Gasteiger partial charge is 0.461 e. The summed E-state index contributed by atoms with van der Waals surface area (Å²) in [5.41, 5.74) is 7.29. The molecule has 0 bridgehead atoms. The van der Waals surface area contributed by atoms with E-state index < -0.39 is 5.97 Å². The normalized spacial score (nSPS) is 11.1. The summed E-state index contributed by atoms with van der Waals surface area (Å²) in [5, 5.41) is 2.01. The molecule has 0 atom stereocenters. The Labute approximate surface area is 123 Å². The molecule has 3 aromatic rings. The molecule has 7 heteroatoms. The van der Waals surface area contributed by atoms with E-state index in [-0.39, 0.29) is 5.69 Å². The van der Waals surface area contributed by atoms with E-state index in [1.54, 1.807) is 18.3 Å². The van der Waals surface area contributed by atoms with E-state index in [1.165, 1.54) is 11.3 Å². The number of rotatable bonds is 3. The Hall–Kier alpha value is -1.86. The number of aromatic nitrogens is 2. The fourth-order valence-electron chi connectivity index (χ4n) is 2.09. The highest BCUT2D eigenvalue weighted by molar-refractivity contribution is 7.18. The molecule has 0 fully saturated rings. The maximum Gasteiger partial charge on any atom is 0.360 e. The van der Waals surface area contributed by atoms with Crippen molar-refractivity contribution in [2.24, 2.45) is 0 Å². The number of nitrogens with two attached hydrogens (primary N) is 1. The van der Waals surface area contributed by atoms with Crippen LogP contribution in [-0.2, 0) is 4.74 Å². The van der Waals surface area contributed by atoms with E-state index in [2.05, 4.69) is 4.98 Å². The van der Waals surface area contributed by atoms with Gasteiger partial charge in [0.25, 0.3) is 0 Å². The van der Waals surface area contributed by atoms with Gasteiger partial charge in [0.1, 0.15) is 5.82 Å². The van der Waals surface area contributed by atoms with E-state index in [1.807, 2.05) is 28.8 Å². The maximum absolute atomic E-state index is 11.8. The van der Waals surface area contributed by atoms with Crippen LogP contribution < -0.4 is 5.73 Å². The van der Waals surface area contributed by atoms with Crippen LogP contribution in [0.2, 0.25) is 0 Å². The standard InChI is InChI=1S/C13H13N3O2S2/c1-3-18-12(17)9-11(14)16-10(8-5-4-6-19-8)7(2)20-13(16)15-9/h4-6H,3,14H2,1-2H3. The Bertz CT molecular complexity index is 771. The van der Waals surface area contributed by atoms with Crippen LogP contribution in [0.25, 0.3) is 15.5 Å². The zero-order valence-electron chi connectivity index (χ0n) is 11.0. The van der Waals surface area contributed by atoms with E-state index >= 15 is 0 Å². The molecule has 0 saturated carbocycles. The topological polar surface area (TPSA) is 69.6 Å². The number of ether oxygens (including phenoxy) is 1. The summed E-state index contributed by atoms with van der Waals surface area (Å²) < 4.78 is 6.81. The van der Waals surface area contributed by atoms with E-state index in [0.29, 0.717) is 17.4 Å². The SMILES string of the molecule is CCOC(=O)c1nc2sc(C)c(-c3cccs3)n2c1N. The first-order valence-electron chi connectivity index (χ1n) is 6.11. The number of esters is 1. The third-order valence-corrected chi connectivity index (χ3v) is 4.74. The predicted octanol–water partition coefficient (Wildman–Crippen LogP) is 3.19. The van der Waals surface area contributed by atoms with Gasteiger partial charge in [-0.15, -0.1) is 22.7 Å². The molecule has 3 rings (SSSR count). The summed E-state index contributed by atoms with van der Waals surface area (Å²) in [6.45, 7) is 4.09. The highest BCUT2D eigenvalue weighted by atomic mass is 32.1. The minimum absolute atomic E-state index is 0.191. The van der Waals surface area contributed by atoms with Crippen molar-refractivity contribution in [2.45, 2.75) is 13.8 Å². The second-order valence-electron chi connectivity index (χ2n) is 4.17. The number of fused-ring (bicyclic) bond motifs is 1. The van der Waals surface area contributed by atoms with Gasteiger partial charge in [-0.3, -0.25) is 4.40 Å². The van der Waals surface area contributed by atoms with Crippen molar-refractivity contribution in [3.8, 4) is 10.6 Å². The average Bonchev–Trinajstić information content (AvgIpc) is 3.07. The number of thiazole rings is 1. The minimum atomic E-state index is -0.476. The lowest BCUT2D eigenvalue weighted by atomic mass is 10.3. The van der Waals surface area contributed by atoms with Crippen LogP contribution in [0.3, 0.4) is 0 Å². The molecule has 0 spiro atoms. The van der Waals surface area contributed by atoms with Gasteiger partial charge in [0, 0.05) is 4.88 Å². The Morgan fingerprint density at radius 2 is 2.35 bits per heavy atom. The first kappa shape index (κ1) is 13.1. The molecule has 5 nitrogen and oxygen atoms in total. The number of aryl methyl sites for hydroxylation is 1. The molecule has 0 saturated heterocycles. The third-order valence-electron chi connectivity index (χ3n) is 2.91. The number of carbonyl (C=O) groups excluding carboxylic acids is 1. The molecule has 3 aromatic heterocycles. The number of imidazole rings is 1. The fraction of sp³-hybridized carbons (Fsp3) is 0.231. The van der Waals surface area contributed by atoms with Gasteiger partial charge in [-0.1, -0.05) is 6.07 Å². The number of nitrogens with zero attached hydrogens (tertiary/aromatic N) is 2. The number of anilines is 1. The molecule has 0 radical (unpaired) electrons. The highest BCUT2D eigenvalue weighted by Gasteiger charge is 2.23. The maximum atomic E-state index is 11.8. The fourth-order valence-corrected chi connectivity index (χ4v) is 3.96. The first-order valence-corrected chi connectivity index (χ1v) is 7.81. The number of carbonyl (C=O) groups is 1. The van der Waals surface area contributed by atoms with Crippen LogP contribution in [0.5, 0.6) is 0 Å². The van der Waals surface area contributed by atoms with Gasteiger partial charge in [-0.25, -0.2) is 9.78 Å². The molecule has 104 valence electrons. The Kier molecular flexibility index (Phi) is 3.23. The highest BCUT2D eigenvalue weighted by Crippen LogP contribution is 2.36. The van der Waals surface area contributed by atoms with E-state index in [0.717, 1.165) is 15.4 Å². The van der Waals surface area contributed by atoms with Crippen molar-refractivity contribution in [3.05, 3.63) is 28.1 Å². The average molecular weight is 307 g/mol. The second kappa shape index (κ2) is 4.92. The van der Waals surface area contributed by atoms with Crippen molar-refractivity contribution in [3.63, 3.8) is 0 Å². The molecule has 3 heterocycles. The smallest absolute Gasteiger partial charge is 0.360 e. The molecule has 0 aromatic carbocycles. The number of hydrogen-bond donors (Lipinski definition) is 1. The summed E-state index contributed by atoms with van der Waals surface area (Å²) in [7, 11) is 0. The molecule has 20 heavy (non-hydrogen) atoms. The van der Waals surface area contributed by atoms with Gasteiger partial charge in [0.2, 0.25) is 0 Å². The van der Waals surface area contributed by atoms with E-state index in [4.69, 9.17) is 10.5 Å². The Morgan fingerprint density at radius 3 is 3.00 bits per heavy atom. The number of hydrogen-bond acceptors (Lipinski definition) is 6. The molecular formula is C13H13N3O2S2. The van der Waals surface area contributed by atoms with Crippen LogP contribution in [0.15, 0.2) is 17.5 Å². The van der Waals surface area contributed by atoms with Crippen LogP contribution in [0.4, 0.5) is 5.82 Å². The lowest BCUT2D eigenvalue weighted by molar-refractivity contribution is 0.0521. The lowest BCUT2D eigenvalue weighted by Crippen LogP contribution is -2.08. The lowest BCUT2D eigenvalue weighted by Gasteiger charge is -2.02. The van der Waals surface area contributed by atoms with Crippen LogP contribution >= 0.6 is 22.7 Å². The van der Waals surface area contributed by atoms with Crippen molar-refractivity contribution in [1.29, 1.82) is 0 Å². The monoisotopic (exact) mass is 307 g/mol. The Balaban J connectivity index is 2.22. The van der Waals surface area contributed by atoms with Crippen LogP contribution in [0.1, 0.15) is 22.3 Å². The zero-order chi connectivity index (χ0) is 14.3. The van der Waals surface area contributed by atoms with Gasteiger partial charge in [0.05, 0.1) is 17.2 Å². The molecule has 0 aliphatic heterocycles. The number of thiophene rings is 1. The van der Waals surface area contributed by atoms with Gasteiger partial charge >= 0.3 is 5.97 Å². The van der Waals surface area contributed by atoms with Gasteiger partial charge in [0.15, 0.2) is 10.7 Å². The molecule has 0 aliphatic carbocycles. The van der Waals surface area contributed by atoms with E-state index in [9.17, 15) is 4.79 Å². The summed E-state index contributed by atoms with van der Waals surface area (Å²) in [6, 6.07) is 4.02. The van der Waals surface area contributed by atoms with Crippen LogP contribution in [0, 0.1) is 6.92 Å². The molecule has 0 unspecified atom stereocenters. The molecule has 0 aliphatic rings. The molecule has 2 N–H and O–H groups in total. The Morgan fingerprint density at radius 1 is 1.55 bits per heavy atom. The predicted molar refractivity (Wildman–Crippen MR) is 81.5 cm³/mol. The summed E-state index contributed by atoms with van der Waals surface area (Å²) in [6.07, 6.45) is 0. The van der Waals surface area contributed by atoms with Gasteiger partial charge in [-0.05, 0) is 25.3 Å². The quantitative estimate of drug-likeness (QED) is 0.754. The molecule has 0 amide bonds. The van der Waals surface area contributed by atoms with Crippen molar-refractivity contribution in [1.82, 2.24) is 9.38 Å². The van der Waals surface area contributed by atoms with Crippen molar-refractivity contribution < 1.29 is 9.53 Å². The number of nitrogen functional groups attached to an aromatic ring is 1. The zero-order valence-corrected chi connectivity index (χ0v) is 12.7. The third kappa shape index (κ3) is 1.90. The summed E-state index contributed by atoms with van der Waals surface area (Å²) in [4.78, 5) is 19.1. The second-order valence-corrected chi connectivity index (χ2v) is 6.30. The van der Waals surface area contributed by atoms with Crippen molar-refractivity contribution in [2.75, 3.05) is 12.3 Å². The first-order chi connectivity index (χ1) is 9.63. The summed E-state index contributed by atoms with van der Waals surface area (Å²) in [5.74, 6) is -0.137.